The highest BCUT2D eigenvalue weighted by atomic mass is 32.2. The molecular weight excluding hydrogens is 285 g/mol. The average molecular weight is 290 g/mol. The van der Waals surface area contributed by atoms with Gasteiger partial charge in [-0.25, -0.2) is 23.3 Å². The highest BCUT2D eigenvalue weighted by Gasteiger charge is 2.39. The summed E-state index contributed by atoms with van der Waals surface area (Å²) in [5, 5.41) is 12.6. The van der Waals surface area contributed by atoms with E-state index >= 15 is 0 Å². The number of carboxylic acids is 1. The summed E-state index contributed by atoms with van der Waals surface area (Å²) in [6.45, 7) is 0. The van der Waals surface area contributed by atoms with Crippen LogP contribution in [0.3, 0.4) is 0 Å². The van der Waals surface area contributed by atoms with E-state index in [1.165, 1.54) is 0 Å². The largest absolute Gasteiger partial charge is 0.477 e. The zero-order valence-corrected chi connectivity index (χ0v) is 9.49. The lowest BCUT2D eigenvalue weighted by Crippen LogP contribution is -2.15. The summed E-state index contributed by atoms with van der Waals surface area (Å²) < 4.78 is 58.4. The van der Waals surface area contributed by atoms with Crippen LogP contribution in [0.15, 0.2) is 0 Å². The first-order chi connectivity index (χ1) is 7.50. The molecule has 0 aliphatic rings. The molecule has 0 fully saturated rings. The van der Waals surface area contributed by atoms with Crippen LogP contribution in [0.5, 0.6) is 0 Å². The predicted octanol–water partition coefficient (Wildman–Crippen LogP) is 0.649. The Morgan fingerprint density at radius 1 is 1.47 bits per heavy atom. The fraction of sp³-hybridized carbons (Fsp3) is 0.333. The second-order valence-corrected chi connectivity index (χ2v) is 5.59. The normalized spacial score (nSPS) is 12.7. The molecule has 0 unspecified atom stereocenters. The second-order valence-electron chi connectivity index (χ2n) is 2.90. The van der Waals surface area contributed by atoms with Gasteiger partial charge in [0, 0.05) is 0 Å². The minimum Gasteiger partial charge on any atom is -0.477 e. The maximum Gasteiger partial charge on any atom is 0.435 e. The molecule has 1 aromatic rings. The van der Waals surface area contributed by atoms with Gasteiger partial charge in [0.1, 0.15) is 15.6 Å². The molecule has 1 rings (SSSR count). The van der Waals surface area contributed by atoms with Crippen LogP contribution >= 0.6 is 11.3 Å². The topological polar surface area (TPSA) is 110 Å². The van der Waals surface area contributed by atoms with Gasteiger partial charge in [-0.15, -0.1) is 11.3 Å². The molecule has 0 bridgehead atoms. The van der Waals surface area contributed by atoms with Crippen molar-refractivity contribution < 1.29 is 31.5 Å². The number of primary sulfonamides is 1. The lowest BCUT2D eigenvalue weighted by atomic mass is 10.3. The van der Waals surface area contributed by atoms with Gasteiger partial charge in [0.15, 0.2) is 5.69 Å². The van der Waals surface area contributed by atoms with Gasteiger partial charge in [0.25, 0.3) is 0 Å². The molecule has 6 nitrogen and oxygen atoms in total. The maximum absolute atomic E-state index is 12.4. The van der Waals surface area contributed by atoms with Gasteiger partial charge < -0.3 is 5.11 Å². The summed E-state index contributed by atoms with van der Waals surface area (Å²) in [4.78, 5) is 12.4. The van der Waals surface area contributed by atoms with Crippen LogP contribution in [0.4, 0.5) is 13.2 Å². The molecule has 1 heterocycles. The molecule has 0 amide bonds. The molecule has 3 N–H and O–H groups in total. The molecule has 0 saturated heterocycles. The number of nitrogens with two attached hydrogens (primary N) is 1. The van der Waals surface area contributed by atoms with Gasteiger partial charge in [-0.2, -0.15) is 13.2 Å². The first kappa shape index (κ1) is 13.9. The molecule has 0 radical (unpaired) electrons. The first-order valence-electron chi connectivity index (χ1n) is 3.81. The molecule has 96 valence electrons. The Hall–Kier alpha value is -1.20. The minimum atomic E-state index is -4.96. The fourth-order valence-electron chi connectivity index (χ4n) is 0.935. The fourth-order valence-corrected chi connectivity index (χ4v) is 2.79. The minimum absolute atomic E-state index is 0.132. The van der Waals surface area contributed by atoms with Crippen LogP contribution in [0.25, 0.3) is 0 Å². The predicted molar refractivity (Wildman–Crippen MR) is 50.9 cm³/mol. The third kappa shape index (κ3) is 3.64. The van der Waals surface area contributed by atoms with E-state index in [2.05, 4.69) is 10.1 Å². The number of alkyl halides is 3. The highest BCUT2D eigenvalue weighted by Crippen LogP contribution is 2.34. The summed E-state index contributed by atoms with van der Waals surface area (Å²) >= 11 is 0.132. The number of hydrogen-bond acceptors (Lipinski definition) is 5. The van der Waals surface area contributed by atoms with Crippen LogP contribution in [0.1, 0.15) is 20.4 Å². The molecule has 0 aromatic carbocycles. The number of hydrogen-bond donors (Lipinski definition) is 2. The Morgan fingerprint density at radius 3 is 2.29 bits per heavy atom. The quantitative estimate of drug-likeness (QED) is 0.849. The molecule has 0 atom stereocenters. The van der Waals surface area contributed by atoms with E-state index in [-0.39, 0.29) is 11.3 Å². The van der Waals surface area contributed by atoms with Crippen molar-refractivity contribution >= 4 is 27.3 Å². The summed E-state index contributed by atoms with van der Waals surface area (Å²) in [6, 6.07) is 0. The molecule has 11 heteroatoms. The maximum atomic E-state index is 12.4. The monoisotopic (exact) mass is 290 g/mol. The van der Waals surface area contributed by atoms with E-state index in [9.17, 15) is 26.4 Å². The SMILES string of the molecule is NS(=O)(=O)Cc1nc(C(F)(F)F)c(C(=O)O)s1. The smallest absolute Gasteiger partial charge is 0.435 e. The zero-order valence-electron chi connectivity index (χ0n) is 7.85. The molecule has 0 aliphatic heterocycles. The summed E-state index contributed by atoms with van der Waals surface area (Å²) in [6.07, 6.45) is -4.96. The second kappa shape index (κ2) is 4.23. The van der Waals surface area contributed by atoms with Crippen LogP contribution < -0.4 is 5.14 Å². The molecule has 0 spiro atoms. The summed E-state index contributed by atoms with van der Waals surface area (Å²) in [5.74, 6) is -2.76. The van der Waals surface area contributed by atoms with Crippen molar-refractivity contribution in [3.8, 4) is 0 Å². The number of rotatable bonds is 3. The Kier molecular flexibility index (Phi) is 3.45. The number of aromatic nitrogens is 1. The van der Waals surface area contributed by atoms with Gasteiger partial charge >= 0.3 is 12.1 Å². The summed E-state index contributed by atoms with van der Waals surface area (Å²) in [7, 11) is -4.06. The Morgan fingerprint density at radius 2 is 2.00 bits per heavy atom. The number of halogens is 3. The van der Waals surface area contributed by atoms with Crippen LogP contribution in [-0.2, 0) is 22.0 Å². The lowest BCUT2D eigenvalue weighted by molar-refractivity contribution is -0.141. The van der Waals surface area contributed by atoms with E-state index in [0.29, 0.717) is 0 Å². The lowest BCUT2D eigenvalue weighted by Gasteiger charge is -2.02. The Bertz CT molecular complexity index is 548. The van der Waals surface area contributed by atoms with Crippen molar-refractivity contribution in [2.24, 2.45) is 5.14 Å². The highest BCUT2D eigenvalue weighted by molar-refractivity contribution is 7.88. The number of nitrogens with zero attached hydrogens (tertiary/aromatic N) is 1. The number of aromatic carboxylic acids is 1. The van der Waals surface area contributed by atoms with Gasteiger partial charge in [-0.1, -0.05) is 0 Å². The van der Waals surface area contributed by atoms with Crippen molar-refractivity contribution in [1.82, 2.24) is 4.98 Å². The molecule has 0 saturated carbocycles. The molecule has 17 heavy (non-hydrogen) atoms. The van der Waals surface area contributed by atoms with E-state index < -0.39 is 43.5 Å². The van der Waals surface area contributed by atoms with Crippen LogP contribution in [0, 0.1) is 0 Å². The zero-order chi connectivity index (χ0) is 13.4. The van der Waals surface area contributed by atoms with Crippen LogP contribution in [0.2, 0.25) is 0 Å². The molecule has 1 aromatic heterocycles. The van der Waals surface area contributed by atoms with Gasteiger partial charge in [0.2, 0.25) is 10.0 Å². The van der Waals surface area contributed by atoms with Gasteiger partial charge in [-0.05, 0) is 0 Å². The van der Waals surface area contributed by atoms with Crippen molar-refractivity contribution in [2.75, 3.05) is 0 Å². The third-order valence-electron chi connectivity index (χ3n) is 1.46. The van der Waals surface area contributed by atoms with Crippen molar-refractivity contribution in [1.29, 1.82) is 0 Å². The molecular formula is C6H5F3N2O4S2. The van der Waals surface area contributed by atoms with Crippen molar-refractivity contribution in [3.63, 3.8) is 0 Å². The Balaban J connectivity index is 3.27. The van der Waals surface area contributed by atoms with Crippen LogP contribution in [-0.4, -0.2) is 24.5 Å². The van der Waals surface area contributed by atoms with E-state index in [1.807, 2.05) is 0 Å². The Labute approximate surface area is 96.9 Å². The van der Waals surface area contributed by atoms with Crippen molar-refractivity contribution in [3.05, 3.63) is 15.6 Å². The standard InChI is InChI=1S/C6H5F3N2O4S2/c7-6(8,9)4-3(5(12)13)16-2(11-4)1-17(10,14)15/h1H2,(H,12,13)(H2,10,14,15). The van der Waals surface area contributed by atoms with Crippen molar-refractivity contribution in [2.45, 2.75) is 11.9 Å². The first-order valence-corrected chi connectivity index (χ1v) is 6.34. The number of thiazole rings is 1. The van der Waals surface area contributed by atoms with Gasteiger partial charge in [0.05, 0.1) is 0 Å². The van der Waals surface area contributed by atoms with E-state index in [0.717, 1.165) is 0 Å². The number of carboxylic acid groups (broad SMARTS) is 1. The van der Waals surface area contributed by atoms with E-state index in [4.69, 9.17) is 5.11 Å². The number of sulfonamides is 1. The summed E-state index contributed by atoms with van der Waals surface area (Å²) in [5.41, 5.74) is -1.62. The third-order valence-corrected chi connectivity index (χ3v) is 3.36. The number of carbonyl (C=O) groups is 1. The average Bonchev–Trinajstić information content (AvgIpc) is 2.43. The molecule has 0 aliphatic carbocycles. The van der Waals surface area contributed by atoms with E-state index in [1.54, 1.807) is 0 Å². The van der Waals surface area contributed by atoms with Gasteiger partial charge in [-0.3, -0.25) is 0 Å².